The van der Waals surface area contributed by atoms with Gasteiger partial charge in [-0.15, -0.1) is 0 Å². The second-order valence-corrected chi connectivity index (χ2v) is 12.0. The van der Waals surface area contributed by atoms with E-state index < -0.39 is 8.60 Å². The summed E-state index contributed by atoms with van der Waals surface area (Å²) in [6, 6.07) is -0.223. The summed E-state index contributed by atoms with van der Waals surface area (Å²) in [5.74, 6) is 0.282. The quantitative estimate of drug-likeness (QED) is 0.0465. The van der Waals surface area contributed by atoms with Gasteiger partial charge in [-0.05, 0) is 26.3 Å². The number of nitrogens with one attached hydrogen (secondary N) is 1. The van der Waals surface area contributed by atoms with E-state index in [1.54, 1.807) is 7.11 Å². The van der Waals surface area contributed by atoms with E-state index in [-0.39, 0.29) is 56.4 Å². The molecule has 40 heavy (non-hydrogen) atoms. The van der Waals surface area contributed by atoms with Crippen LogP contribution in [0.3, 0.4) is 0 Å². The minimum Gasteiger partial charge on any atom is -0.381 e. The van der Waals surface area contributed by atoms with Gasteiger partial charge < -0.3 is 33.2 Å². The maximum atomic E-state index is 12.4. The fourth-order valence-electron chi connectivity index (χ4n) is 4.84. The zero-order chi connectivity index (χ0) is 29.3. The molecule has 1 rings (SSSR count). The van der Waals surface area contributed by atoms with Crippen molar-refractivity contribution in [2.24, 2.45) is 0 Å². The number of unbranched alkanes of at least 4 members (excludes halogenated alkanes) is 12. The largest absolute Gasteiger partial charge is 0.381 e. The number of carbonyl (C=O) groups excluding carboxylic acids is 1. The first-order chi connectivity index (χ1) is 19.5. The van der Waals surface area contributed by atoms with Crippen LogP contribution in [0.25, 0.3) is 4.85 Å². The molecule has 1 aliphatic heterocycles. The van der Waals surface area contributed by atoms with Crippen LogP contribution in [-0.2, 0) is 27.8 Å². The molecule has 1 saturated heterocycles. The second kappa shape index (κ2) is 26.1. The van der Waals surface area contributed by atoms with E-state index in [2.05, 4.69) is 17.1 Å². The zero-order valence-electron chi connectivity index (χ0n) is 25.6. The first-order valence-corrected chi connectivity index (χ1v) is 16.8. The normalized spacial score (nSPS) is 20.4. The first-order valence-electron chi connectivity index (χ1n) is 15.7. The van der Waals surface area contributed by atoms with Gasteiger partial charge >= 0.3 is 8.60 Å². The summed E-state index contributed by atoms with van der Waals surface area (Å²) < 4.78 is 28.7. The van der Waals surface area contributed by atoms with Gasteiger partial charge in [0.15, 0.2) is 0 Å². The molecule has 2 radical (unpaired) electrons. The summed E-state index contributed by atoms with van der Waals surface area (Å²) in [5.41, 5.74) is 0. The number of Topliss-reactive ketones (excluding diaryl/α,β-unsaturated/α-hetero) is 1. The van der Waals surface area contributed by atoms with Gasteiger partial charge in [0, 0.05) is 32.0 Å². The molecule has 0 saturated carbocycles. The van der Waals surface area contributed by atoms with Crippen molar-refractivity contribution in [1.29, 1.82) is 0 Å². The molecule has 10 heteroatoms. The molecule has 0 aromatic heterocycles. The van der Waals surface area contributed by atoms with Crippen LogP contribution >= 0.6 is 8.60 Å². The number of methoxy groups -OCH3 is 1. The van der Waals surface area contributed by atoms with E-state index in [9.17, 15) is 4.79 Å². The van der Waals surface area contributed by atoms with Crippen molar-refractivity contribution in [2.75, 3.05) is 40.5 Å². The van der Waals surface area contributed by atoms with Crippen molar-refractivity contribution in [3.63, 3.8) is 0 Å². The van der Waals surface area contributed by atoms with Crippen LogP contribution in [0, 0.1) is 6.57 Å². The first kappa shape index (κ1) is 37.4. The molecule has 0 bridgehead atoms. The molecule has 1 N–H and O–H groups in total. The molecule has 230 valence electrons. The average molecular weight is 583 g/mol. The lowest BCUT2D eigenvalue weighted by Gasteiger charge is -2.23. The molecular formula is C30H56BN2O6P. The topological polar surface area (TPSA) is 79.6 Å². The van der Waals surface area contributed by atoms with Crippen LogP contribution in [-0.4, -0.2) is 78.4 Å². The summed E-state index contributed by atoms with van der Waals surface area (Å²) in [7, 11) is 7.72. The Morgan fingerprint density at radius 1 is 1.00 bits per heavy atom. The van der Waals surface area contributed by atoms with E-state index in [1.165, 1.54) is 70.6 Å². The van der Waals surface area contributed by atoms with Gasteiger partial charge in [0.05, 0.1) is 25.4 Å². The highest BCUT2D eigenvalue weighted by molar-refractivity contribution is 7.41. The molecule has 1 aliphatic rings. The third kappa shape index (κ3) is 19.5. The third-order valence-electron chi connectivity index (χ3n) is 7.40. The number of hydrogen-bond acceptors (Lipinski definition) is 7. The Labute approximate surface area is 247 Å². The van der Waals surface area contributed by atoms with Gasteiger partial charge in [0.25, 0.3) is 0 Å². The van der Waals surface area contributed by atoms with Crippen molar-refractivity contribution in [2.45, 2.75) is 140 Å². The Bertz CT molecular complexity index is 656. The molecule has 0 spiro atoms. The van der Waals surface area contributed by atoms with Crippen LogP contribution in [0.1, 0.15) is 116 Å². The summed E-state index contributed by atoms with van der Waals surface area (Å²) >= 11 is 0. The fourth-order valence-corrected chi connectivity index (χ4v) is 5.85. The van der Waals surface area contributed by atoms with Crippen LogP contribution in [0.2, 0.25) is 0 Å². The van der Waals surface area contributed by atoms with Gasteiger partial charge in [-0.25, -0.2) is 6.57 Å². The van der Waals surface area contributed by atoms with E-state index >= 15 is 0 Å². The van der Waals surface area contributed by atoms with Gasteiger partial charge in [0.2, 0.25) is 6.54 Å². The van der Waals surface area contributed by atoms with Crippen molar-refractivity contribution in [3.8, 4) is 0 Å². The average Bonchev–Trinajstić information content (AvgIpc) is 3.33. The van der Waals surface area contributed by atoms with E-state index in [0.717, 1.165) is 12.8 Å². The van der Waals surface area contributed by atoms with Gasteiger partial charge in [-0.2, -0.15) is 0 Å². The van der Waals surface area contributed by atoms with Crippen LogP contribution < -0.4 is 5.32 Å². The molecule has 0 aromatic rings. The monoisotopic (exact) mass is 582 g/mol. The summed E-state index contributed by atoms with van der Waals surface area (Å²) in [4.78, 5) is 15.7. The Morgan fingerprint density at radius 2 is 1.62 bits per heavy atom. The highest BCUT2D eigenvalue weighted by atomic mass is 31.2. The molecule has 0 aromatic carbocycles. The van der Waals surface area contributed by atoms with Crippen molar-refractivity contribution < 1.29 is 27.8 Å². The molecule has 0 amide bonds. The van der Waals surface area contributed by atoms with Gasteiger partial charge in [0.1, 0.15) is 20.2 Å². The Kier molecular flexibility index (Phi) is 24.4. The Balaban J connectivity index is 2.16. The lowest BCUT2D eigenvalue weighted by Crippen LogP contribution is -2.36. The maximum Gasteiger partial charge on any atom is 0.333 e. The van der Waals surface area contributed by atoms with Crippen LogP contribution in [0.4, 0.5) is 0 Å². The maximum absolute atomic E-state index is 12.4. The van der Waals surface area contributed by atoms with Crippen LogP contribution in [0.5, 0.6) is 0 Å². The third-order valence-corrected chi connectivity index (χ3v) is 8.52. The molecular weight excluding hydrogens is 526 g/mol. The predicted octanol–water partition coefficient (Wildman–Crippen LogP) is 6.90. The zero-order valence-corrected chi connectivity index (χ0v) is 26.5. The smallest absolute Gasteiger partial charge is 0.333 e. The molecule has 1 fully saturated rings. The molecule has 5 atom stereocenters. The van der Waals surface area contributed by atoms with Crippen molar-refractivity contribution >= 4 is 22.2 Å². The molecule has 3 unspecified atom stereocenters. The Hall–Kier alpha value is -0.585. The highest BCUT2D eigenvalue weighted by Crippen LogP contribution is 2.41. The number of hydrogen-bond donors (Lipinski definition) is 1. The lowest BCUT2D eigenvalue weighted by atomic mass is 9.95. The number of ketones is 1. The molecule has 8 nitrogen and oxygen atoms in total. The summed E-state index contributed by atoms with van der Waals surface area (Å²) in [6.07, 6.45) is 18.9. The minimum atomic E-state index is -1.67. The SMILES string of the molecule is [B][C@H]1CC(NC)[C@@H](COP(OCC[N+]#[C-])OCC(CCC(=O)CCCCCCCCCCCCCCC)OC)O1. The molecule has 1 heterocycles. The van der Waals surface area contributed by atoms with E-state index in [0.29, 0.717) is 25.7 Å². The number of carbonyl (C=O) groups is 1. The standard InChI is InChI=1S/C30H56BN2O6P/c1-5-6-7-8-9-10-11-12-13-14-15-16-17-18-26(34)19-20-27(35-4)24-37-40(36-22-21-32-2)38-25-29-28(33-3)23-30(31)39-29/h27-30,33H,5-25H2,1,3-4H3/t27?,28?,29-,30-,40?/m1/s1. The van der Waals surface area contributed by atoms with Crippen molar-refractivity contribution in [1.82, 2.24) is 5.32 Å². The summed E-state index contributed by atoms with van der Waals surface area (Å²) in [5, 5.41) is 3.20. The highest BCUT2D eigenvalue weighted by Gasteiger charge is 2.33. The van der Waals surface area contributed by atoms with Crippen LogP contribution in [0.15, 0.2) is 0 Å². The fraction of sp³-hybridized carbons (Fsp3) is 0.933. The summed E-state index contributed by atoms with van der Waals surface area (Å²) in [6.45, 7) is 10.2. The lowest BCUT2D eigenvalue weighted by molar-refractivity contribution is -0.120. The number of likely N-dealkylation sites (N-methyl/N-ethyl adjacent to an activating group) is 1. The minimum absolute atomic E-state index is 0.0998. The number of rotatable bonds is 28. The van der Waals surface area contributed by atoms with E-state index in [1.807, 2.05) is 7.05 Å². The second-order valence-electron chi connectivity index (χ2n) is 10.8. The molecule has 0 aliphatic carbocycles. The number of ether oxygens (including phenoxy) is 2. The Morgan fingerprint density at radius 3 is 2.20 bits per heavy atom. The predicted molar refractivity (Wildman–Crippen MR) is 163 cm³/mol. The van der Waals surface area contributed by atoms with Gasteiger partial charge in [-0.1, -0.05) is 84.0 Å². The number of nitrogens with zero attached hydrogens (tertiary/aromatic N) is 1. The van der Waals surface area contributed by atoms with E-state index in [4.69, 9.17) is 37.5 Å². The van der Waals surface area contributed by atoms with Crippen molar-refractivity contribution in [3.05, 3.63) is 11.4 Å². The van der Waals surface area contributed by atoms with Gasteiger partial charge in [-0.3, -0.25) is 4.79 Å².